The van der Waals surface area contributed by atoms with Crippen molar-refractivity contribution < 1.29 is 0 Å². The molecule has 19 heavy (non-hydrogen) atoms. The highest BCUT2D eigenvalue weighted by molar-refractivity contribution is 7.25. The summed E-state index contributed by atoms with van der Waals surface area (Å²) in [6.07, 6.45) is 4.27. The Kier molecular flexibility index (Phi) is 2.29. The van der Waals surface area contributed by atoms with Gasteiger partial charge in [0.25, 0.3) is 0 Å². The monoisotopic (exact) mass is 266 g/mol. The van der Waals surface area contributed by atoms with Crippen LogP contribution in [0, 0.1) is 0 Å². The lowest BCUT2D eigenvalue weighted by atomic mass is 10.1. The zero-order valence-electron chi connectivity index (χ0n) is 10.7. The highest BCUT2D eigenvalue weighted by Crippen LogP contribution is 2.40. The molecule has 1 aliphatic rings. The average molecular weight is 266 g/mol. The summed E-state index contributed by atoms with van der Waals surface area (Å²) in [5, 5.41) is 2.74. The Balaban J connectivity index is 2.02. The molecular weight excluding hydrogens is 252 g/mol. The van der Waals surface area contributed by atoms with E-state index in [4.69, 9.17) is 0 Å². The van der Waals surface area contributed by atoms with Crippen LogP contribution in [-0.2, 0) is 0 Å². The van der Waals surface area contributed by atoms with E-state index >= 15 is 0 Å². The van der Waals surface area contributed by atoms with Crippen LogP contribution in [0.25, 0.3) is 20.2 Å². The summed E-state index contributed by atoms with van der Waals surface area (Å²) >= 11 is 1.87. The van der Waals surface area contributed by atoms with Gasteiger partial charge in [-0.3, -0.25) is 0 Å². The fourth-order valence-corrected chi connectivity index (χ4v) is 3.81. The van der Waals surface area contributed by atoms with Gasteiger partial charge in [-0.1, -0.05) is 24.3 Å². The van der Waals surface area contributed by atoms with E-state index in [9.17, 15) is 0 Å². The van der Waals surface area contributed by atoms with Crippen LogP contribution in [0.4, 0.5) is 5.69 Å². The lowest BCUT2D eigenvalue weighted by molar-refractivity contribution is 0.496. The predicted octanol–water partition coefficient (Wildman–Crippen LogP) is 4.24. The van der Waals surface area contributed by atoms with Gasteiger partial charge in [-0.05, 0) is 18.2 Å². The minimum Gasteiger partial charge on any atom is -0.361 e. The molecule has 0 fully saturated rings. The maximum absolute atomic E-state index is 2.31. The molecule has 0 unspecified atom stereocenters. The number of anilines is 1. The first kappa shape index (κ1) is 10.9. The maximum Gasteiger partial charge on any atom is 0.0939 e. The van der Waals surface area contributed by atoms with Crippen LogP contribution in [0.1, 0.15) is 0 Å². The van der Waals surface area contributed by atoms with Crippen molar-refractivity contribution in [2.24, 2.45) is 0 Å². The molecule has 2 nitrogen and oxygen atoms in total. The van der Waals surface area contributed by atoms with Gasteiger partial charge < -0.3 is 9.80 Å². The number of thiophene rings is 1. The molecule has 94 valence electrons. The number of hydrogen-bond acceptors (Lipinski definition) is 3. The third kappa shape index (κ3) is 1.62. The van der Waals surface area contributed by atoms with Crippen molar-refractivity contribution in [2.75, 3.05) is 18.6 Å². The Morgan fingerprint density at radius 3 is 2.63 bits per heavy atom. The van der Waals surface area contributed by atoms with Crippen LogP contribution in [-0.4, -0.2) is 18.6 Å². The molecule has 1 aliphatic heterocycles. The van der Waals surface area contributed by atoms with Crippen LogP contribution < -0.4 is 4.90 Å². The van der Waals surface area contributed by atoms with Crippen LogP contribution in [0.2, 0.25) is 0 Å². The van der Waals surface area contributed by atoms with Gasteiger partial charge in [0.15, 0.2) is 0 Å². The van der Waals surface area contributed by atoms with Gasteiger partial charge in [0.1, 0.15) is 0 Å². The second-order valence-corrected chi connectivity index (χ2v) is 6.00. The zero-order valence-corrected chi connectivity index (χ0v) is 11.5. The van der Waals surface area contributed by atoms with Crippen molar-refractivity contribution in [3.63, 3.8) is 0 Å². The predicted molar refractivity (Wildman–Crippen MR) is 83.6 cm³/mol. The van der Waals surface area contributed by atoms with E-state index in [0.29, 0.717) is 0 Å². The molecule has 2 heterocycles. The van der Waals surface area contributed by atoms with Crippen molar-refractivity contribution in [3.8, 4) is 0 Å². The zero-order chi connectivity index (χ0) is 12.8. The highest BCUT2D eigenvalue weighted by atomic mass is 32.1. The smallest absolute Gasteiger partial charge is 0.0939 e. The van der Waals surface area contributed by atoms with Gasteiger partial charge in [0.05, 0.1) is 12.4 Å². The lowest BCUT2D eigenvalue weighted by Gasteiger charge is -2.19. The minimum atomic E-state index is 0.920. The number of hydrogen-bond donors (Lipinski definition) is 0. The fourth-order valence-electron chi connectivity index (χ4n) is 2.68. The van der Waals surface area contributed by atoms with E-state index in [0.717, 1.165) is 6.67 Å². The molecule has 4 rings (SSSR count). The molecule has 0 amide bonds. The largest absolute Gasteiger partial charge is 0.361 e. The maximum atomic E-state index is 2.31. The van der Waals surface area contributed by atoms with Gasteiger partial charge in [-0.2, -0.15) is 0 Å². The first-order valence-electron chi connectivity index (χ1n) is 6.38. The normalized spacial score (nSPS) is 15.0. The first-order valence-corrected chi connectivity index (χ1v) is 7.20. The topological polar surface area (TPSA) is 6.48 Å². The van der Waals surface area contributed by atoms with Crippen molar-refractivity contribution >= 4 is 37.2 Å². The van der Waals surface area contributed by atoms with Gasteiger partial charge in [-0.15, -0.1) is 11.3 Å². The summed E-state index contributed by atoms with van der Waals surface area (Å²) in [6.45, 7) is 0.920. The quantitative estimate of drug-likeness (QED) is 0.650. The summed E-state index contributed by atoms with van der Waals surface area (Å²) in [5.74, 6) is 0. The van der Waals surface area contributed by atoms with E-state index < -0.39 is 0 Å². The molecule has 0 aliphatic carbocycles. The van der Waals surface area contributed by atoms with Gasteiger partial charge in [0, 0.05) is 39.6 Å². The number of fused-ring (bicyclic) bond motifs is 3. The van der Waals surface area contributed by atoms with E-state index in [-0.39, 0.29) is 0 Å². The van der Waals surface area contributed by atoms with Crippen molar-refractivity contribution in [3.05, 3.63) is 54.9 Å². The summed E-state index contributed by atoms with van der Waals surface area (Å²) in [7, 11) is 2.10. The SMILES string of the molecule is CN1C=CN(c2cccc3sc4ccccc4c23)C1. The first-order chi connectivity index (χ1) is 9.33. The van der Waals surface area contributed by atoms with E-state index in [1.165, 1.54) is 25.9 Å². The molecule has 0 atom stereocenters. The summed E-state index contributed by atoms with van der Waals surface area (Å²) in [4.78, 5) is 4.49. The Labute approximate surface area is 116 Å². The Morgan fingerprint density at radius 1 is 0.947 bits per heavy atom. The molecule has 2 aromatic carbocycles. The fraction of sp³-hybridized carbons (Fsp3) is 0.125. The van der Waals surface area contributed by atoms with Gasteiger partial charge in [0.2, 0.25) is 0 Å². The van der Waals surface area contributed by atoms with E-state index in [1.54, 1.807) is 0 Å². The average Bonchev–Trinajstić information content (AvgIpc) is 3.01. The molecule has 0 bridgehead atoms. The molecule has 0 N–H and O–H groups in total. The van der Waals surface area contributed by atoms with Crippen molar-refractivity contribution in [1.29, 1.82) is 0 Å². The van der Waals surface area contributed by atoms with Crippen molar-refractivity contribution in [1.82, 2.24) is 4.90 Å². The number of nitrogens with zero attached hydrogens (tertiary/aromatic N) is 2. The molecule has 3 aromatic rings. The molecule has 3 heteroatoms. The second kappa shape index (κ2) is 4.00. The van der Waals surface area contributed by atoms with Crippen molar-refractivity contribution in [2.45, 2.75) is 0 Å². The number of rotatable bonds is 1. The molecule has 0 saturated heterocycles. The lowest BCUT2D eigenvalue weighted by Crippen LogP contribution is -2.21. The Hall–Kier alpha value is -2.00. The van der Waals surface area contributed by atoms with E-state index in [2.05, 4.69) is 71.7 Å². The minimum absolute atomic E-state index is 0.920. The highest BCUT2D eigenvalue weighted by Gasteiger charge is 2.16. The molecule has 1 aromatic heterocycles. The van der Waals surface area contributed by atoms with Crippen LogP contribution in [0.5, 0.6) is 0 Å². The third-order valence-corrected chi connectivity index (χ3v) is 4.70. The second-order valence-electron chi connectivity index (χ2n) is 4.91. The third-order valence-electron chi connectivity index (χ3n) is 3.57. The standard InChI is InChI=1S/C16H14N2S/c1-17-9-10-18(11-17)13-6-4-8-15-16(13)12-5-2-3-7-14(12)19-15/h2-10H,11H2,1H3. The molecule has 0 saturated carbocycles. The van der Waals surface area contributed by atoms with Crippen LogP contribution in [0.3, 0.4) is 0 Å². The van der Waals surface area contributed by atoms with Crippen LogP contribution >= 0.6 is 11.3 Å². The summed E-state index contributed by atoms with van der Waals surface area (Å²) in [6, 6.07) is 15.2. The van der Waals surface area contributed by atoms with Crippen LogP contribution in [0.15, 0.2) is 54.9 Å². The molecular formula is C16H14N2S. The Morgan fingerprint density at radius 2 is 1.79 bits per heavy atom. The van der Waals surface area contributed by atoms with E-state index in [1.807, 2.05) is 11.3 Å². The molecule has 0 spiro atoms. The summed E-state index contributed by atoms with van der Waals surface area (Å²) < 4.78 is 2.73. The number of benzene rings is 2. The van der Waals surface area contributed by atoms with Gasteiger partial charge in [-0.25, -0.2) is 0 Å². The molecule has 0 radical (unpaired) electrons. The van der Waals surface area contributed by atoms with Gasteiger partial charge >= 0.3 is 0 Å². The summed E-state index contributed by atoms with van der Waals surface area (Å²) in [5.41, 5.74) is 1.30. The Bertz CT molecular complexity index is 788.